The number of likely N-dealkylation sites (N-methyl/N-ethyl adjacent to an activating group) is 1. The van der Waals surface area contributed by atoms with Gasteiger partial charge in [-0.05, 0) is 19.1 Å². The molecule has 0 saturated heterocycles. The monoisotopic (exact) mass is 267 g/mol. The molecule has 0 atom stereocenters. The molecule has 0 aliphatic heterocycles. The van der Waals surface area contributed by atoms with Crippen LogP contribution in [-0.2, 0) is 0 Å². The Hall–Kier alpha value is -1.73. The maximum atomic E-state index is 11.2. The molecule has 96 valence electrons. The summed E-state index contributed by atoms with van der Waals surface area (Å²) in [5, 5.41) is 20.2. The van der Waals surface area contributed by atoms with Crippen molar-refractivity contribution < 1.29 is 10.0 Å². The summed E-state index contributed by atoms with van der Waals surface area (Å²) in [6.45, 7) is 2.81. The van der Waals surface area contributed by atoms with Gasteiger partial charge in [-0.3, -0.25) is 10.1 Å². The highest BCUT2D eigenvalue weighted by Gasteiger charge is 2.23. The quantitative estimate of drug-likeness (QED) is 0.662. The molecule has 0 aliphatic carbocycles. The minimum Gasteiger partial charge on any atom is -0.395 e. The van der Waals surface area contributed by atoms with Crippen LogP contribution in [-0.4, -0.2) is 34.7 Å². The maximum Gasteiger partial charge on any atom is 0.319 e. The Morgan fingerprint density at radius 2 is 2.33 bits per heavy atom. The number of nitro groups is 1. The molecule has 2 rings (SSSR count). The third-order valence-electron chi connectivity index (χ3n) is 2.73. The van der Waals surface area contributed by atoms with Crippen molar-refractivity contribution in [3.63, 3.8) is 0 Å². The molecule has 6 nitrogen and oxygen atoms in total. The van der Waals surface area contributed by atoms with Crippen LogP contribution in [0.3, 0.4) is 0 Å². The highest BCUT2D eigenvalue weighted by atomic mass is 32.1. The number of aliphatic hydroxyl groups is 1. The normalized spacial score (nSPS) is 10.8. The topological polar surface area (TPSA) is 79.5 Å². The van der Waals surface area contributed by atoms with Crippen LogP contribution in [0.1, 0.15) is 6.92 Å². The van der Waals surface area contributed by atoms with Crippen molar-refractivity contribution >= 4 is 32.9 Å². The molecule has 0 radical (unpaired) electrons. The molecule has 1 aromatic heterocycles. The van der Waals surface area contributed by atoms with Crippen molar-refractivity contribution in [3.05, 3.63) is 27.8 Å². The molecule has 0 bridgehead atoms. The lowest BCUT2D eigenvalue weighted by Gasteiger charge is -2.21. The Kier molecular flexibility index (Phi) is 3.73. The summed E-state index contributed by atoms with van der Waals surface area (Å²) >= 11 is 1.38. The standard InChI is InChI=1S/C11H13N3O3S/c1-2-13(5-6-15)8-3-4-9-10(12-7-18-9)11(8)14(16)17/h3-4,7,15H,2,5-6H2,1H3. The van der Waals surface area contributed by atoms with E-state index >= 15 is 0 Å². The second-order valence-electron chi connectivity index (χ2n) is 3.69. The molecule has 0 unspecified atom stereocenters. The SMILES string of the molecule is CCN(CCO)c1ccc2scnc2c1[N+](=O)[O-]. The van der Waals surface area contributed by atoms with Crippen molar-refractivity contribution in [1.82, 2.24) is 4.98 Å². The van der Waals surface area contributed by atoms with E-state index < -0.39 is 4.92 Å². The van der Waals surface area contributed by atoms with Crippen LogP contribution < -0.4 is 4.90 Å². The minimum atomic E-state index is -0.405. The fourth-order valence-corrected chi connectivity index (χ4v) is 2.59. The van der Waals surface area contributed by atoms with Gasteiger partial charge in [0.1, 0.15) is 5.69 Å². The molecule has 0 amide bonds. The molecule has 2 aromatic rings. The number of hydrogen-bond acceptors (Lipinski definition) is 6. The van der Waals surface area contributed by atoms with E-state index in [1.165, 1.54) is 11.3 Å². The van der Waals surface area contributed by atoms with E-state index in [1.807, 2.05) is 13.0 Å². The van der Waals surface area contributed by atoms with Crippen LogP contribution in [0, 0.1) is 10.1 Å². The van der Waals surface area contributed by atoms with Crippen LogP contribution >= 0.6 is 11.3 Å². The van der Waals surface area contributed by atoms with Crippen molar-refractivity contribution in [3.8, 4) is 0 Å². The van der Waals surface area contributed by atoms with E-state index in [-0.39, 0.29) is 12.3 Å². The van der Waals surface area contributed by atoms with Gasteiger partial charge >= 0.3 is 5.69 Å². The zero-order valence-electron chi connectivity index (χ0n) is 9.87. The lowest BCUT2D eigenvalue weighted by molar-refractivity contribution is -0.382. The van der Waals surface area contributed by atoms with E-state index in [1.54, 1.807) is 16.5 Å². The number of nitro benzene ring substituents is 1. The van der Waals surface area contributed by atoms with Crippen LogP contribution in [0.25, 0.3) is 10.2 Å². The molecule has 18 heavy (non-hydrogen) atoms. The Morgan fingerprint density at radius 3 is 2.94 bits per heavy atom. The van der Waals surface area contributed by atoms with Crippen molar-refractivity contribution in [1.29, 1.82) is 0 Å². The van der Waals surface area contributed by atoms with Crippen LogP contribution in [0.5, 0.6) is 0 Å². The first-order valence-corrected chi connectivity index (χ1v) is 6.43. The average molecular weight is 267 g/mol. The third kappa shape index (κ3) is 2.14. The summed E-state index contributed by atoms with van der Waals surface area (Å²) in [5.41, 5.74) is 2.54. The van der Waals surface area contributed by atoms with Gasteiger partial charge in [-0.1, -0.05) is 0 Å². The number of fused-ring (bicyclic) bond motifs is 1. The van der Waals surface area contributed by atoms with E-state index in [0.29, 0.717) is 24.3 Å². The molecule has 1 heterocycles. The minimum absolute atomic E-state index is 0.0176. The third-order valence-corrected chi connectivity index (χ3v) is 3.52. The summed E-state index contributed by atoms with van der Waals surface area (Å²) in [4.78, 5) is 16.7. The summed E-state index contributed by atoms with van der Waals surface area (Å²) in [6.07, 6.45) is 0. The van der Waals surface area contributed by atoms with E-state index in [4.69, 9.17) is 5.11 Å². The van der Waals surface area contributed by atoms with Gasteiger partial charge in [0.15, 0.2) is 5.52 Å². The lowest BCUT2D eigenvalue weighted by Crippen LogP contribution is -2.26. The lowest BCUT2D eigenvalue weighted by atomic mass is 10.2. The maximum absolute atomic E-state index is 11.2. The largest absolute Gasteiger partial charge is 0.395 e. The number of aromatic nitrogens is 1. The molecule has 7 heteroatoms. The van der Waals surface area contributed by atoms with Crippen LogP contribution in [0.15, 0.2) is 17.6 Å². The van der Waals surface area contributed by atoms with Gasteiger partial charge in [0.25, 0.3) is 0 Å². The van der Waals surface area contributed by atoms with Gasteiger partial charge in [0, 0.05) is 13.1 Å². The predicted molar refractivity (Wildman–Crippen MR) is 71.2 cm³/mol. The Morgan fingerprint density at radius 1 is 1.56 bits per heavy atom. The van der Waals surface area contributed by atoms with Crippen LogP contribution in [0.4, 0.5) is 11.4 Å². The highest BCUT2D eigenvalue weighted by molar-refractivity contribution is 7.16. The number of rotatable bonds is 5. The fourth-order valence-electron chi connectivity index (χ4n) is 1.91. The Balaban J connectivity index is 2.61. The molecule has 0 fully saturated rings. The molecule has 0 saturated carbocycles. The van der Waals surface area contributed by atoms with Crippen molar-refractivity contribution in [2.75, 3.05) is 24.6 Å². The second-order valence-corrected chi connectivity index (χ2v) is 4.58. The number of aliphatic hydroxyl groups excluding tert-OH is 1. The van der Waals surface area contributed by atoms with E-state index in [2.05, 4.69) is 4.98 Å². The molecular weight excluding hydrogens is 254 g/mol. The molecule has 1 N–H and O–H groups in total. The van der Waals surface area contributed by atoms with Crippen molar-refractivity contribution in [2.45, 2.75) is 6.92 Å². The molecule has 0 spiro atoms. The van der Waals surface area contributed by atoms with Gasteiger partial charge in [-0.25, -0.2) is 4.98 Å². The van der Waals surface area contributed by atoms with Gasteiger partial charge in [0.05, 0.1) is 21.7 Å². The van der Waals surface area contributed by atoms with Gasteiger partial charge in [-0.2, -0.15) is 0 Å². The summed E-state index contributed by atoms with van der Waals surface area (Å²) in [5.74, 6) is 0. The Labute approximate surface area is 108 Å². The summed E-state index contributed by atoms with van der Waals surface area (Å²) in [7, 11) is 0. The first-order chi connectivity index (χ1) is 8.69. The molecule has 0 aliphatic rings. The van der Waals surface area contributed by atoms with Crippen LogP contribution in [0.2, 0.25) is 0 Å². The fraction of sp³-hybridized carbons (Fsp3) is 0.364. The first kappa shape index (κ1) is 12.7. The van der Waals surface area contributed by atoms with Gasteiger partial charge < -0.3 is 10.0 Å². The zero-order valence-corrected chi connectivity index (χ0v) is 10.7. The zero-order chi connectivity index (χ0) is 13.1. The molecule has 1 aromatic carbocycles. The van der Waals surface area contributed by atoms with E-state index in [0.717, 1.165) is 4.70 Å². The predicted octanol–water partition coefficient (Wildman–Crippen LogP) is 2.02. The van der Waals surface area contributed by atoms with Crippen molar-refractivity contribution in [2.24, 2.45) is 0 Å². The molecular formula is C11H13N3O3S. The first-order valence-electron chi connectivity index (χ1n) is 5.55. The Bertz CT molecular complexity index is 570. The number of thiazole rings is 1. The van der Waals surface area contributed by atoms with Gasteiger partial charge in [0.2, 0.25) is 0 Å². The highest BCUT2D eigenvalue weighted by Crippen LogP contribution is 2.36. The second kappa shape index (κ2) is 5.28. The van der Waals surface area contributed by atoms with E-state index in [9.17, 15) is 10.1 Å². The number of nitrogens with zero attached hydrogens (tertiary/aromatic N) is 3. The average Bonchev–Trinajstić information content (AvgIpc) is 2.82. The number of hydrogen-bond donors (Lipinski definition) is 1. The smallest absolute Gasteiger partial charge is 0.319 e. The van der Waals surface area contributed by atoms with Gasteiger partial charge in [-0.15, -0.1) is 11.3 Å². The number of anilines is 1. The summed E-state index contributed by atoms with van der Waals surface area (Å²) < 4.78 is 0.797. The number of benzene rings is 1. The summed E-state index contributed by atoms with van der Waals surface area (Å²) in [6, 6.07) is 3.55.